The van der Waals surface area contributed by atoms with Crippen LogP contribution in [0.25, 0.3) is 10.8 Å². The summed E-state index contributed by atoms with van der Waals surface area (Å²) in [6.45, 7) is -0.528. The van der Waals surface area contributed by atoms with Crippen LogP contribution in [-0.2, 0) is 19.1 Å². The number of carbonyl (C=O) groups excluding carboxylic acids is 4. The van der Waals surface area contributed by atoms with E-state index in [0.29, 0.717) is 16.9 Å². The molecule has 0 spiro atoms. The summed E-state index contributed by atoms with van der Waals surface area (Å²) in [5, 5.41) is 4.65. The summed E-state index contributed by atoms with van der Waals surface area (Å²) in [6, 6.07) is 19.9. The maximum absolute atomic E-state index is 13.6. The zero-order valence-corrected chi connectivity index (χ0v) is 18.9. The van der Waals surface area contributed by atoms with Crippen molar-refractivity contribution in [2.24, 2.45) is 0 Å². The molecule has 35 heavy (non-hydrogen) atoms. The van der Waals surface area contributed by atoms with Crippen LogP contribution in [0, 0.1) is 0 Å². The van der Waals surface area contributed by atoms with E-state index in [1.807, 2.05) is 36.4 Å². The van der Waals surface area contributed by atoms with Crippen molar-refractivity contribution >= 4 is 45.8 Å². The van der Waals surface area contributed by atoms with E-state index in [0.717, 1.165) is 23.6 Å². The molecule has 8 heteroatoms. The number of hydrogen-bond donors (Lipinski definition) is 1. The second-order valence-electron chi connectivity index (χ2n) is 9.12. The molecule has 6 rings (SSSR count). The predicted molar refractivity (Wildman–Crippen MR) is 129 cm³/mol. The van der Waals surface area contributed by atoms with Gasteiger partial charge in [0.25, 0.3) is 11.8 Å². The van der Waals surface area contributed by atoms with Crippen molar-refractivity contribution in [2.45, 2.75) is 37.4 Å². The number of nitrogens with zero attached hydrogens (tertiary/aromatic N) is 2. The normalized spacial score (nSPS) is 21.0. The molecule has 8 nitrogen and oxygen atoms in total. The predicted octanol–water partition coefficient (Wildman–Crippen LogP) is 3.46. The number of nitrogens with one attached hydrogen (secondary N) is 1. The molecule has 0 aromatic heterocycles. The summed E-state index contributed by atoms with van der Waals surface area (Å²) in [6.07, 6.45) is 1.76. The van der Waals surface area contributed by atoms with Gasteiger partial charge in [-0.1, -0.05) is 48.5 Å². The third-order valence-electron chi connectivity index (χ3n) is 6.94. The van der Waals surface area contributed by atoms with Crippen LogP contribution >= 0.6 is 0 Å². The first-order valence-electron chi connectivity index (χ1n) is 11.7. The molecule has 1 saturated heterocycles. The van der Waals surface area contributed by atoms with Crippen LogP contribution in [0.15, 0.2) is 66.7 Å². The number of fused-ring (bicyclic) bond motifs is 4. The Morgan fingerprint density at radius 1 is 0.971 bits per heavy atom. The Balaban J connectivity index is 1.27. The van der Waals surface area contributed by atoms with Gasteiger partial charge in [0.15, 0.2) is 6.61 Å². The molecule has 1 N–H and O–H groups in total. The van der Waals surface area contributed by atoms with Crippen LogP contribution in [0.2, 0.25) is 0 Å². The number of anilines is 2. The lowest BCUT2D eigenvalue weighted by molar-refractivity contribution is -0.159. The molecule has 1 saturated carbocycles. The van der Waals surface area contributed by atoms with Crippen LogP contribution in [-0.4, -0.2) is 46.9 Å². The SMILES string of the molecule is O=C(COC(=O)C12CCC(=O)N1c1ccccc1C(=O)N2C1CC1)Nc1cccc2ccccc12. The highest BCUT2D eigenvalue weighted by Crippen LogP contribution is 2.49. The lowest BCUT2D eigenvalue weighted by Crippen LogP contribution is -2.69. The Hall–Kier alpha value is -4.20. The molecule has 1 aliphatic carbocycles. The fraction of sp³-hybridized carbons (Fsp3) is 0.259. The summed E-state index contributed by atoms with van der Waals surface area (Å²) in [4.78, 5) is 55.7. The first-order valence-corrected chi connectivity index (χ1v) is 11.7. The van der Waals surface area contributed by atoms with Gasteiger partial charge in [0.05, 0.1) is 11.3 Å². The smallest absolute Gasteiger partial charge is 0.354 e. The number of carbonyl (C=O) groups is 4. The number of benzene rings is 3. The summed E-state index contributed by atoms with van der Waals surface area (Å²) in [5.41, 5.74) is -0.147. The average Bonchev–Trinajstić information content (AvgIpc) is 3.65. The minimum absolute atomic E-state index is 0.113. The largest absolute Gasteiger partial charge is 0.452 e. The molecule has 0 radical (unpaired) electrons. The highest BCUT2D eigenvalue weighted by atomic mass is 16.5. The highest BCUT2D eigenvalue weighted by Gasteiger charge is 2.64. The number of para-hydroxylation sites is 1. The maximum atomic E-state index is 13.6. The van der Waals surface area contributed by atoms with Crippen molar-refractivity contribution in [1.82, 2.24) is 4.90 Å². The quantitative estimate of drug-likeness (QED) is 0.578. The van der Waals surface area contributed by atoms with Gasteiger partial charge in [-0.2, -0.15) is 0 Å². The van der Waals surface area contributed by atoms with Gasteiger partial charge in [0.1, 0.15) is 0 Å². The van der Waals surface area contributed by atoms with Gasteiger partial charge >= 0.3 is 5.97 Å². The van der Waals surface area contributed by atoms with E-state index in [-0.39, 0.29) is 30.7 Å². The number of amides is 3. The Kier molecular flexibility index (Phi) is 4.84. The summed E-state index contributed by atoms with van der Waals surface area (Å²) >= 11 is 0. The number of rotatable bonds is 5. The summed E-state index contributed by atoms with van der Waals surface area (Å²) in [7, 11) is 0. The molecule has 1 atom stereocenters. The molecule has 3 aromatic carbocycles. The van der Waals surface area contributed by atoms with E-state index in [1.165, 1.54) is 9.80 Å². The third-order valence-corrected chi connectivity index (χ3v) is 6.94. The third kappa shape index (κ3) is 3.28. The van der Waals surface area contributed by atoms with E-state index in [1.54, 1.807) is 30.3 Å². The van der Waals surface area contributed by atoms with Gasteiger partial charge in [-0.3, -0.25) is 19.3 Å². The number of ether oxygens (including phenoxy) is 1. The van der Waals surface area contributed by atoms with Gasteiger partial charge in [0.2, 0.25) is 11.6 Å². The summed E-state index contributed by atoms with van der Waals surface area (Å²) in [5.74, 6) is -1.78. The van der Waals surface area contributed by atoms with Crippen LogP contribution in [0.3, 0.4) is 0 Å². The topological polar surface area (TPSA) is 96.0 Å². The molecule has 3 aromatic rings. The molecule has 3 amide bonds. The van der Waals surface area contributed by atoms with Gasteiger partial charge in [-0.25, -0.2) is 4.79 Å². The first kappa shape index (κ1) is 21.3. The van der Waals surface area contributed by atoms with E-state index in [4.69, 9.17) is 4.74 Å². The highest BCUT2D eigenvalue weighted by molar-refractivity contribution is 6.16. The monoisotopic (exact) mass is 469 g/mol. The molecular weight excluding hydrogens is 446 g/mol. The van der Waals surface area contributed by atoms with Gasteiger partial charge in [-0.05, 0) is 36.4 Å². The van der Waals surface area contributed by atoms with Crippen molar-refractivity contribution in [3.8, 4) is 0 Å². The van der Waals surface area contributed by atoms with Crippen LogP contribution < -0.4 is 10.2 Å². The molecule has 3 aliphatic rings. The van der Waals surface area contributed by atoms with E-state index >= 15 is 0 Å². The average molecular weight is 469 g/mol. The maximum Gasteiger partial charge on any atom is 0.354 e. The minimum atomic E-state index is -1.57. The number of esters is 1. The van der Waals surface area contributed by atoms with Gasteiger partial charge in [0, 0.05) is 30.0 Å². The molecule has 2 heterocycles. The van der Waals surface area contributed by atoms with E-state index in [9.17, 15) is 19.2 Å². The zero-order valence-electron chi connectivity index (χ0n) is 18.9. The molecule has 2 aliphatic heterocycles. The molecule has 0 bridgehead atoms. The number of hydrogen-bond acceptors (Lipinski definition) is 5. The van der Waals surface area contributed by atoms with Crippen LogP contribution in [0.4, 0.5) is 11.4 Å². The Morgan fingerprint density at radius 3 is 2.54 bits per heavy atom. The summed E-state index contributed by atoms with van der Waals surface area (Å²) < 4.78 is 5.51. The lowest BCUT2D eigenvalue weighted by Gasteiger charge is -2.48. The van der Waals surface area contributed by atoms with Gasteiger partial charge < -0.3 is 15.0 Å². The Morgan fingerprint density at radius 2 is 1.71 bits per heavy atom. The van der Waals surface area contributed by atoms with E-state index in [2.05, 4.69) is 5.32 Å². The second-order valence-corrected chi connectivity index (χ2v) is 9.12. The second kappa shape index (κ2) is 7.94. The van der Waals surface area contributed by atoms with Crippen molar-refractivity contribution < 1.29 is 23.9 Å². The van der Waals surface area contributed by atoms with Crippen molar-refractivity contribution in [3.63, 3.8) is 0 Å². The Bertz CT molecular complexity index is 1390. The van der Waals surface area contributed by atoms with Crippen molar-refractivity contribution in [3.05, 3.63) is 72.3 Å². The minimum Gasteiger partial charge on any atom is -0.452 e. The molecule has 176 valence electrons. The molecule has 2 fully saturated rings. The van der Waals surface area contributed by atoms with Crippen molar-refractivity contribution in [2.75, 3.05) is 16.8 Å². The molecule has 1 unspecified atom stereocenters. The fourth-order valence-electron chi connectivity index (χ4n) is 5.28. The Labute approximate surface area is 201 Å². The molecular formula is C27H23N3O5. The standard InChI is InChI=1S/C27H23N3O5/c31-23(28-21-10-5-7-17-6-1-2-8-19(17)21)16-35-26(34)27-15-14-24(32)30(27)22-11-4-3-9-20(22)25(33)29(27)18-12-13-18/h1-11,18H,12-16H2,(H,28,31). The van der Waals surface area contributed by atoms with Crippen molar-refractivity contribution in [1.29, 1.82) is 0 Å². The fourth-order valence-corrected chi connectivity index (χ4v) is 5.28. The zero-order chi connectivity index (χ0) is 24.2. The lowest BCUT2D eigenvalue weighted by atomic mass is 9.96. The van der Waals surface area contributed by atoms with Crippen LogP contribution in [0.5, 0.6) is 0 Å². The van der Waals surface area contributed by atoms with Crippen LogP contribution in [0.1, 0.15) is 36.0 Å². The van der Waals surface area contributed by atoms with Gasteiger partial charge in [-0.15, -0.1) is 0 Å². The first-order chi connectivity index (χ1) is 17.0. The van der Waals surface area contributed by atoms with E-state index < -0.39 is 24.1 Å².